The fourth-order valence-electron chi connectivity index (χ4n) is 4.38. The van der Waals surface area contributed by atoms with E-state index in [1.807, 2.05) is 12.1 Å². The summed E-state index contributed by atoms with van der Waals surface area (Å²) >= 11 is 0. The predicted molar refractivity (Wildman–Crippen MR) is 114 cm³/mol. The summed E-state index contributed by atoms with van der Waals surface area (Å²) < 4.78 is 16.2. The van der Waals surface area contributed by atoms with E-state index >= 15 is 0 Å². The summed E-state index contributed by atoms with van der Waals surface area (Å²) in [6.45, 7) is 0.354. The van der Waals surface area contributed by atoms with E-state index < -0.39 is 6.17 Å². The van der Waals surface area contributed by atoms with Crippen LogP contribution < -0.4 is 5.84 Å². The van der Waals surface area contributed by atoms with Crippen molar-refractivity contribution in [3.63, 3.8) is 0 Å². The lowest BCUT2D eigenvalue weighted by Crippen LogP contribution is -2.11. The number of aliphatic imine (C=N–C) groups is 1. The van der Waals surface area contributed by atoms with Crippen LogP contribution in [0, 0.1) is 17.2 Å². The molecule has 2 heterocycles. The monoisotopic (exact) mass is 403 g/mol. The summed E-state index contributed by atoms with van der Waals surface area (Å²) in [6, 6.07) is 7.64. The number of rotatable bonds is 5. The van der Waals surface area contributed by atoms with Crippen LogP contribution in [0.2, 0.25) is 0 Å². The Balaban J connectivity index is 1.63. The number of hydrogen-bond donors (Lipinski definition) is 1. The van der Waals surface area contributed by atoms with Gasteiger partial charge in [0.2, 0.25) is 0 Å². The van der Waals surface area contributed by atoms with E-state index in [9.17, 15) is 9.65 Å². The number of fused-ring (bicyclic) bond motifs is 3. The van der Waals surface area contributed by atoms with Crippen molar-refractivity contribution in [3.8, 4) is 6.07 Å². The van der Waals surface area contributed by atoms with Crippen LogP contribution in [0.4, 0.5) is 4.39 Å². The molecule has 3 aromatic rings. The molecule has 2 unspecified atom stereocenters. The highest BCUT2D eigenvalue weighted by molar-refractivity contribution is 6.32. The van der Waals surface area contributed by atoms with Gasteiger partial charge in [-0.15, -0.1) is 0 Å². The molecule has 1 aromatic carbocycles. The number of alkyl halides is 1. The predicted octanol–water partition coefficient (Wildman–Crippen LogP) is 3.81. The molecule has 152 valence electrons. The summed E-state index contributed by atoms with van der Waals surface area (Å²) in [5.74, 6) is 6.67. The summed E-state index contributed by atoms with van der Waals surface area (Å²) in [5, 5.41) is 14.1. The van der Waals surface area contributed by atoms with Crippen molar-refractivity contribution in [2.24, 2.45) is 21.9 Å². The second-order valence-corrected chi connectivity index (χ2v) is 8.10. The van der Waals surface area contributed by atoms with Crippen molar-refractivity contribution in [1.82, 2.24) is 14.5 Å². The standard InChI is InChI=1S/C22H22FN7/c23-15-4-5-16(8-15)30-21(12-26-10-19(29-25)14-2-3-14)28-20-11-27-18-6-1-13(9-24)7-17(18)22(20)30/h1,6-7,10-11,14-16H,2-5,8,12,25H2. The van der Waals surface area contributed by atoms with E-state index in [-0.39, 0.29) is 6.04 Å². The SMILES string of the molecule is N#Cc1ccc2ncc3nc(CN=CC(=NN)C4CC4)n(C4CCC(F)C4)c3c2c1. The molecule has 0 saturated heterocycles. The molecule has 0 radical (unpaired) electrons. The van der Waals surface area contributed by atoms with E-state index in [0.29, 0.717) is 30.9 Å². The number of aromatic nitrogens is 3. The van der Waals surface area contributed by atoms with Crippen LogP contribution in [0.1, 0.15) is 49.5 Å². The molecule has 7 nitrogen and oxygen atoms in total. The van der Waals surface area contributed by atoms with Gasteiger partial charge in [-0.3, -0.25) is 9.98 Å². The number of imidazole rings is 1. The summed E-state index contributed by atoms with van der Waals surface area (Å²) in [6.07, 6.45) is 6.62. The minimum Gasteiger partial charge on any atom is -0.323 e. The van der Waals surface area contributed by atoms with Gasteiger partial charge in [0.15, 0.2) is 0 Å². The van der Waals surface area contributed by atoms with Gasteiger partial charge in [0.1, 0.15) is 17.5 Å². The molecule has 2 aliphatic carbocycles. The van der Waals surface area contributed by atoms with Gasteiger partial charge in [-0.1, -0.05) is 0 Å². The van der Waals surface area contributed by atoms with Gasteiger partial charge in [-0.2, -0.15) is 10.4 Å². The molecule has 0 aliphatic heterocycles. The third-order valence-corrected chi connectivity index (χ3v) is 6.02. The number of halogens is 1. The first-order valence-corrected chi connectivity index (χ1v) is 10.3. The topological polar surface area (TPSA) is 105 Å². The Morgan fingerprint density at radius 2 is 2.17 bits per heavy atom. The molecule has 2 atom stereocenters. The van der Waals surface area contributed by atoms with Crippen LogP contribution in [-0.4, -0.2) is 32.6 Å². The third kappa shape index (κ3) is 3.30. The normalized spacial score (nSPS) is 22.3. The smallest absolute Gasteiger partial charge is 0.131 e. The Bertz CT molecular complexity index is 1220. The van der Waals surface area contributed by atoms with Gasteiger partial charge < -0.3 is 10.4 Å². The average molecular weight is 403 g/mol. The van der Waals surface area contributed by atoms with Crippen LogP contribution in [0.5, 0.6) is 0 Å². The van der Waals surface area contributed by atoms with Crippen LogP contribution >= 0.6 is 0 Å². The molecule has 0 amide bonds. The van der Waals surface area contributed by atoms with Crippen LogP contribution in [-0.2, 0) is 6.54 Å². The van der Waals surface area contributed by atoms with Crippen LogP contribution in [0.15, 0.2) is 34.5 Å². The second-order valence-electron chi connectivity index (χ2n) is 8.10. The third-order valence-electron chi connectivity index (χ3n) is 6.02. The number of nitrogens with zero attached hydrogens (tertiary/aromatic N) is 6. The highest BCUT2D eigenvalue weighted by Gasteiger charge is 2.30. The molecular weight excluding hydrogens is 381 g/mol. The van der Waals surface area contributed by atoms with Gasteiger partial charge in [0, 0.05) is 23.6 Å². The fourth-order valence-corrected chi connectivity index (χ4v) is 4.38. The number of nitriles is 1. The Morgan fingerprint density at radius 3 is 2.87 bits per heavy atom. The Labute approximate surface area is 173 Å². The highest BCUT2D eigenvalue weighted by atomic mass is 19.1. The van der Waals surface area contributed by atoms with Gasteiger partial charge in [0.05, 0.1) is 41.1 Å². The van der Waals surface area contributed by atoms with Crippen LogP contribution in [0.3, 0.4) is 0 Å². The highest BCUT2D eigenvalue weighted by Crippen LogP contribution is 2.37. The molecule has 0 bridgehead atoms. The Hall–Kier alpha value is -3.34. The van der Waals surface area contributed by atoms with Crippen molar-refractivity contribution in [1.29, 1.82) is 5.26 Å². The first-order valence-electron chi connectivity index (χ1n) is 10.3. The van der Waals surface area contributed by atoms with Crippen molar-refractivity contribution in [2.45, 2.75) is 50.9 Å². The summed E-state index contributed by atoms with van der Waals surface area (Å²) in [4.78, 5) is 13.8. The zero-order chi connectivity index (χ0) is 20.7. The lowest BCUT2D eigenvalue weighted by atomic mass is 10.1. The van der Waals surface area contributed by atoms with E-state index in [2.05, 4.69) is 25.7 Å². The molecule has 5 rings (SSSR count). The molecule has 2 saturated carbocycles. The molecule has 30 heavy (non-hydrogen) atoms. The zero-order valence-electron chi connectivity index (χ0n) is 16.5. The van der Waals surface area contributed by atoms with Gasteiger partial charge in [0.25, 0.3) is 0 Å². The summed E-state index contributed by atoms with van der Waals surface area (Å²) in [7, 11) is 0. The maximum Gasteiger partial charge on any atom is 0.131 e. The van der Waals surface area contributed by atoms with Gasteiger partial charge in [-0.25, -0.2) is 9.37 Å². The van der Waals surface area contributed by atoms with Gasteiger partial charge in [-0.05, 0) is 50.3 Å². The molecular formula is C22H22FN7. The molecule has 2 fully saturated rings. The van der Waals surface area contributed by atoms with Crippen molar-refractivity contribution < 1.29 is 4.39 Å². The number of nitrogens with two attached hydrogens (primary N) is 1. The molecule has 2 N–H and O–H groups in total. The van der Waals surface area contributed by atoms with E-state index in [1.165, 1.54) is 0 Å². The van der Waals surface area contributed by atoms with E-state index in [0.717, 1.165) is 52.7 Å². The average Bonchev–Trinajstić information content (AvgIpc) is 3.41. The van der Waals surface area contributed by atoms with E-state index in [1.54, 1.807) is 18.5 Å². The van der Waals surface area contributed by atoms with Gasteiger partial charge >= 0.3 is 0 Å². The number of hydrazone groups is 1. The quantitative estimate of drug-likeness (QED) is 0.397. The number of hydrogen-bond acceptors (Lipinski definition) is 6. The maximum atomic E-state index is 14.1. The maximum absolute atomic E-state index is 14.1. The van der Waals surface area contributed by atoms with Crippen molar-refractivity contribution in [2.75, 3.05) is 0 Å². The first kappa shape index (κ1) is 18.7. The Morgan fingerprint density at radius 1 is 1.30 bits per heavy atom. The minimum atomic E-state index is -0.808. The largest absolute Gasteiger partial charge is 0.323 e. The fraction of sp³-hybridized carbons (Fsp3) is 0.409. The molecule has 0 spiro atoms. The molecule has 2 aliphatic rings. The van der Waals surface area contributed by atoms with E-state index in [4.69, 9.17) is 10.8 Å². The van der Waals surface area contributed by atoms with Crippen molar-refractivity contribution in [3.05, 3.63) is 35.8 Å². The number of pyridine rings is 1. The first-order chi connectivity index (χ1) is 14.7. The minimum absolute atomic E-state index is 0.0117. The molecule has 2 aromatic heterocycles. The molecule has 8 heteroatoms. The zero-order valence-corrected chi connectivity index (χ0v) is 16.5. The number of benzene rings is 1. The Kier molecular flexibility index (Phi) is 4.66. The van der Waals surface area contributed by atoms with Crippen LogP contribution in [0.25, 0.3) is 21.9 Å². The van der Waals surface area contributed by atoms with Crippen molar-refractivity contribution >= 4 is 33.9 Å². The lowest BCUT2D eigenvalue weighted by Gasteiger charge is -2.16. The summed E-state index contributed by atoms with van der Waals surface area (Å²) in [5.41, 5.74) is 3.80. The second kappa shape index (κ2) is 7.48. The lowest BCUT2D eigenvalue weighted by molar-refractivity contribution is 0.330.